The number of carbonyl (C=O) groups is 4. The van der Waals surface area contributed by atoms with Crippen LogP contribution < -0.4 is 4.74 Å². The molecule has 1 N–H and O–H groups in total. The van der Waals surface area contributed by atoms with Crippen molar-refractivity contribution in [3.05, 3.63) is 53.9 Å². The fraction of sp³-hybridized carbons (Fsp3) is 0.550. The number of aromatic amines is 1. The summed E-state index contributed by atoms with van der Waals surface area (Å²) in [5.41, 5.74) is -3.28. The number of ether oxygens (including phenoxy) is 6. The largest absolute Gasteiger partial charge is 0.462 e. The quantitative estimate of drug-likeness (QED) is 0.183. The van der Waals surface area contributed by atoms with Crippen molar-refractivity contribution in [1.29, 1.82) is 0 Å². The van der Waals surface area contributed by atoms with Gasteiger partial charge in [-0.05, 0) is 112 Å². The maximum Gasteiger partial charge on any atom is 0.311 e. The first-order valence-corrected chi connectivity index (χ1v) is 17.1. The SMILES string of the molecule is [2H]CC(C)(C)C(=O)OC[C@H]1OC(Oc2n[nH]c3cccc(/C=C/c4ccncc4)c23)[C@H](OC(=O)C(C)(C)C[2H])[C@@H](OC(=O)C(C)(C)C[2H])[C@@H]1OC(=O)C(C)(C)C[2H]. The number of fused-ring (bicyclic) bond motifs is 1. The molecule has 288 valence electrons. The summed E-state index contributed by atoms with van der Waals surface area (Å²) in [6.45, 7) is 9.82. The molecule has 5 atom stereocenters. The number of aromatic nitrogens is 3. The molecule has 2 aromatic heterocycles. The molecule has 53 heavy (non-hydrogen) atoms. The van der Waals surface area contributed by atoms with Gasteiger partial charge in [0.1, 0.15) is 12.7 Å². The molecule has 0 aliphatic carbocycles. The number of nitrogens with one attached hydrogen (secondary N) is 1. The van der Waals surface area contributed by atoms with Crippen molar-refractivity contribution < 1.29 is 53.1 Å². The van der Waals surface area contributed by atoms with E-state index in [4.69, 9.17) is 33.9 Å². The highest BCUT2D eigenvalue weighted by Crippen LogP contribution is 2.37. The number of esters is 4. The Hall–Kier alpha value is -4.78. The molecule has 0 amide bonds. The second-order valence-corrected chi connectivity index (χ2v) is 15.8. The third kappa shape index (κ3) is 10.4. The lowest BCUT2D eigenvalue weighted by Crippen LogP contribution is -2.65. The normalized spacial score (nSPS) is 22.2. The van der Waals surface area contributed by atoms with Crippen LogP contribution >= 0.6 is 0 Å². The highest BCUT2D eigenvalue weighted by atomic mass is 16.7. The van der Waals surface area contributed by atoms with Crippen LogP contribution in [0.15, 0.2) is 42.7 Å². The van der Waals surface area contributed by atoms with E-state index in [2.05, 4.69) is 15.2 Å². The lowest BCUT2D eigenvalue weighted by molar-refractivity contribution is -0.294. The first-order valence-electron chi connectivity index (χ1n) is 19.9. The van der Waals surface area contributed by atoms with Crippen molar-refractivity contribution in [2.45, 2.75) is 114 Å². The Labute approximate surface area is 316 Å². The zero-order valence-electron chi connectivity index (χ0n) is 35.6. The summed E-state index contributed by atoms with van der Waals surface area (Å²) < 4.78 is 68.4. The van der Waals surface area contributed by atoms with E-state index in [0.717, 1.165) is 5.56 Å². The van der Waals surface area contributed by atoms with E-state index in [9.17, 15) is 19.2 Å². The van der Waals surface area contributed by atoms with E-state index in [0.29, 0.717) is 16.5 Å². The maximum atomic E-state index is 13.8. The van der Waals surface area contributed by atoms with Crippen molar-refractivity contribution in [2.75, 3.05) is 6.61 Å². The number of hydrogen-bond acceptors (Lipinski definition) is 12. The molecule has 1 aliphatic heterocycles. The molecule has 0 spiro atoms. The Morgan fingerprint density at radius 2 is 1.30 bits per heavy atom. The van der Waals surface area contributed by atoms with Gasteiger partial charge >= 0.3 is 23.9 Å². The predicted molar refractivity (Wildman–Crippen MR) is 197 cm³/mol. The molecule has 1 aliphatic rings. The number of rotatable bonds is 9. The van der Waals surface area contributed by atoms with Crippen LogP contribution in [0.2, 0.25) is 0 Å². The minimum absolute atomic E-state index is 0.0146. The van der Waals surface area contributed by atoms with Gasteiger partial charge in [0.05, 0.1) is 32.6 Å². The molecule has 1 unspecified atom stereocenters. The molecule has 0 bridgehead atoms. The number of nitrogens with zero attached hydrogens (tertiary/aromatic N) is 2. The van der Waals surface area contributed by atoms with E-state index in [1.54, 1.807) is 18.5 Å². The molecule has 4 rings (SSSR count). The van der Waals surface area contributed by atoms with E-state index < -0.39 is 89.7 Å². The summed E-state index contributed by atoms with van der Waals surface area (Å²) in [5.74, 6) is -3.49. The molecule has 13 nitrogen and oxygen atoms in total. The lowest BCUT2D eigenvalue weighted by Gasteiger charge is -2.45. The maximum absolute atomic E-state index is 13.8. The molecule has 1 saturated heterocycles. The second kappa shape index (κ2) is 15.7. The van der Waals surface area contributed by atoms with Crippen LogP contribution in [0.3, 0.4) is 0 Å². The zero-order chi connectivity index (χ0) is 42.3. The van der Waals surface area contributed by atoms with E-state index in [1.165, 1.54) is 55.4 Å². The molecule has 1 fully saturated rings. The lowest BCUT2D eigenvalue weighted by atomic mass is 9.93. The first kappa shape index (κ1) is 35.3. The molecular weight excluding hydrogens is 682 g/mol. The van der Waals surface area contributed by atoms with Crippen LogP contribution in [-0.4, -0.2) is 76.4 Å². The van der Waals surface area contributed by atoms with Crippen LogP contribution in [0.5, 0.6) is 5.88 Å². The van der Waals surface area contributed by atoms with Gasteiger partial charge in [-0.15, -0.1) is 5.10 Å². The summed E-state index contributed by atoms with van der Waals surface area (Å²) >= 11 is 0. The third-order valence-electron chi connectivity index (χ3n) is 7.89. The van der Waals surface area contributed by atoms with Gasteiger partial charge in [-0.1, -0.05) is 24.3 Å². The van der Waals surface area contributed by atoms with Gasteiger partial charge in [0.2, 0.25) is 18.3 Å². The Morgan fingerprint density at radius 3 is 1.89 bits per heavy atom. The second-order valence-electron chi connectivity index (χ2n) is 15.8. The predicted octanol–water partition coefficient (Wildman–Crippen LogP) is 6.70. The summed E-state index contributed by atoms with van der Waals surface area (Å²) in [7, 11) is 0. The van der Waals surface area contributed by atoms with E-state index in [1.807, 2.05) is 36.4 Å². The van der Waals surface area contributed by atoms with Crippen molar-refractivity contribution in [1.82, 2.24) is 15.2 Å². The number of hydrogen-bond donors (Lipinski definition) is 1. The smallest absolute Gasteiger partial charge is 0.311 e. The topological polar surface area (TPSA) is 165 Å². The van der Waals surface area contributed by atoms with Crippen molar-refractivity contribution in [2.24, 2.45) is 21.7 Å². The highest BCUT2D eigenvalue weighted by Gasteiger charge is 2.56. The van der Waals surface area contributed by atoms with Crippen LogP contribution in [0.4, 0.5) is 0 Å². The van der Waals surface area contributed by atoms with E-state index >= 15 is 0 Å². The minimum atomic E-state index is -1.71. The summed E-state index contributed by atoms with van der Waals surface area (Å²) in [6, 6.07) is 9.05. The molecular formula is C40H53N3O10. The van der Waals surface area contributed by atoms with Crippen molar-refractivity contribution in [3.63, 3.8) is 0 Å². The number of carbonyl (C=O) groups excluding carboxylic acids is 4. The average molecular weight is 740 g/mol. The van der Waals surface area contributed by atoms with Crippen LogP contribution in [0, 0.1) is 21.7 Å². The highest BCUT2D eigenvalue weighted by molar-refractivity contribution is 5.94. The molecule has 0 radical (unpaired) electrons. The van der Waals surface area contributed by atoms with Gasteiger partial charge in [-0.25, -0.2) is 0 Å². The zero-order valence-corrected chi connectivity index (χ0v) is 31.6. The molecule has 0 saturated carbocycles. The Balaban J connectivity index is 1.91. The molecule has 1 aromatic carbocycles. The fourth-order valence-electron chi connectivity index (χ4n) is 4.78. The van der Waals surface area contributed by atoms with Gasteiger partial charge in [-0.3, -0.25) is 29.3 Å². The van der Waals surface area contributed by atoms with Gasteiger partial charge in [0, 0.05) is 17.9 Å². The first-order chi connectivity index (χ1) is 26.7. The Kier molecular flexibility index (Phi) is 10.4. The van der Waals surface area contributed by atoms with E-state index in [-0.39, 0.29) is 26.6 Å². The minimum Gasteiger partial charge on any atom is -0.462 e. The van der Waals surface area contributed by atoms with Crippen LogP contribution in [-0.2, 0) is 42.9 Å². The van der Waals surface area contributed by atoms with Crippen LogP contribution in [0.25, 0.3) is 23.1 Å². The molecule has 3 heterocycles. The average Bonchev–Trinajstić information content (AvgIpc) is 3.61. The van der Waals surface area contributed by atoms with Gasteiger partial charge in [-0.2, -0.15) is 0 Å². The number of pyridine rings is 1. The number of H-pyrrole nitrogens is 1. The van der Waals surface area contributed by atoms with Crippen LogP contribution in [0.1, 0.15) is 99.6 Å². The summed E-state index contributed by atoms with van der Waals surface area (Å²) in [5, 5.41) is 7.81. The van der Waals surface area contributed by atoms with Crippen molar-refractivity contribution >= 4 is 46.9 Å². The number of benzene rings is 1. The Morgan fingerprint density at radius 1 is 0.755 bits per heavy atom. The van der Waals surface area contributed by atoms with Gasteiger partial charge < -0.3 is 28.4 Å². The third-order valence-corrected chi connectivity index (χ3v) is 7.89. The van der Waals surface area contributed by atoms with Crippen molar-refractivity contribution in [3.8, 4) is 5.88 Å². The molecule has 3 aromatic rings. The van der Waals surface area contributed by atoms with Gasteiger partial charge in [0.15, 0.2) is 12.2 Å². The Bertz CT molecular complexity index is 1920. The fourth-order valence-corrected chi connectivity index (χ4v) is 4.78. The monoisotopic (exact) mass is 739 g/mol. The van der Waals surface area contributed by atoms with Gasteiger partial charge in [0.25, 0.3) is 0 Å². The summed E-state index contributed by atoms with van der Waals surface area (Å²) in [6.07, 6.45) is -1.15. The standard InChI is InChI=1S/C40H53N3O10/c1-37(2,3)33(44)48-22-26-28(50-34(45)38(4,5)6)29(51-35(46)39(7,8)9)30(52-36(47)40(10,11)12)32(49-26)53-31-27-24(14-13-15-25(27)42-43-31)17-16-23-18-20-41-21-19-23/h13-21,26,28-30,32H,22H2,1-12H3,(H,42,43)/b17-16+/t26-,28-,29+,30-,32?/m1/s1/i1D,4D,7D,10D. The molecule has 13 heteroatoms. The summed E-state index contributed by atoms with van der Waals surface area (Å²) in [4.78, 5) is 58.5.